The molecule has 0 radical (unpaired) electrons. The molecule has 0 saturated heterocycles. The van der Waals surface area contributed by atoms with E-state index in [1.165, 1.54) is 11.8 Å². The Kier molecular flexibility index (Phi) is 15.1. The molecule has 0 saturated carbocycles. The molecule has 0 aromatic carbocycles. The number of amides is 1. The molecule has 0 atom stereocenters. The Balaban J connectivity index is 2.22. The zero-order valence-corrected chi connectivity index (χ0v) is 21.0. The van der Waals surface area contributed by atoms with Crippen molar-refractivity contribution in [3.8, 4) is 5.75 Å². The van der Waals surface area contributed by atoms with Crippen LogP contribution in [-0.4, -0.2) is 50.8 Å². The standard InChI is InChI=1S/C22H37N2O7PS/c1-33-18-16-19(31-14-11-13-21(26)27)22(23-17-18)24-20(25)12-9-7-5-3-2-4-6-8-10-15-32(28,29)30/h16-17H,2-15H2,1H3,(H,26,27)(H,23,24,25)(H2,28,29,30). The van der Waals surface area contributed by atoms with Gasteiger partial charge in [-0.25, -0.2) is 4.98 Å². The van der Waals surface area contributed by atoms with Crippen molar-refractivity contribution in [1.29, 1.82) is 0 Å². The van der Waals surface area contributed by atoms with E-state index in [9.17, 15) is 14.2 Å². The summed E-state index contributed by atoms with van der Waals surface area (Å²) >= 11 is 1.50. The lowest BCUT2D eigenvalue weighted by Gasteiger charge is -2.12. The van der Waals surface area contributed by atoms with Crippen molar-refractivity contribution in [2.45, 2.75) is 81.9 Å². The van der Waals surface area contributed by atoms with Crippen molar-refractivity contribution in [2.24, 2.45) is 0 Å². The molecule has 0 aliphatic rings. The summed E-state index contributed by atoms with van der Waals surface area (Å²) in [6, 6.07) is 1.79. The van der Waals surface area contributed by atoms with Gasteiger partial charge in [-0.2, -0.15) is 0 Å². The normalized spacial score (nSPS) is 11.4. The number of carboxylic acid groups (broad SMARTS) is 1. The summed E-state index contributed by atoms with van der Waals surface area (Å²) in [5.41, 5.74) is 0. The number of aromatic nitrogens is 1. The minimum Gasteiger partial charge on any atom is -0.490 e. The van der Waals surface area contributed by atoms with Gasteiger partial charge < -0.3 is 24.9 Å². The second kappa shape index (κ2) is 16.9. The minimum absolute atomic E-state index is 0.0218. The molecular formula is C22H37N2O7PS. The van der Waals surface area contributed by atoms with Crippen LogP contribution in [0.4, 0.5) is 5.82 Å². The fourth-order valence-electron chi connectivity index (χ4n) is 3.18. The van der Waals surface area contributed by atoms with Crippen molar-refractivity contribution in [3.63, 3.8) is 0 Å². The lowest BCUT2D eigenvalue weighted by Crippen LogP contribution is -2.14. The number of carbonyl (C=O) groups is 2. The quantitative estimate of drug-likeness (QED) is 0.115. The van der Waals surface area contributed by atoms with Crippen LogP contribution < -0.4 is 10.1 Å². The van der Waals surface area contributed by atoms with E-state index in [4.69, 9.17) is 19.6 Å². The Morgan fingerprint density at radius 2 is 1.61 bits per heavy atom. The van der Waals surface area contributed by atoms with Gasteiger partial charge in [0, 0.05) is 30.1 Å². The average Bonchev–Trinajstić information content (AvgIpc) is 2.75. The summed E-state index contributed by atoms with van der Waals surface area (Å²) < 4.78 is 16.4. The molecule has 0 spiro atoms. The first-order valence-electron chi connectivity index (χ1n) is 11.4. The van der Waals surface area contributed by atoms with Gasteiger partial charge in [-0.15, -0.1) is 11.8 Å². The molecule has 1 aromatic heterocycles. The van der Waals surface area contributed by atoms with Crippen LogP contribution >= 0.6 is 19.4 Å². The molecule has 0 fully saturated rings. The van der Waals surface area contributed by atoms with Gasteiger partial charge in [0.15, 0.2) is 11.6 Å². The van der Waals surface area contributed by atoms with Crippen LogP contribution in [-0.2, 0) is 14.2 Å². The molecule has 9 nitrogen and oxygen atoms in total. The van der Waals surface area contributed by atoms with Gasteiger partial charge in [0.05, 0.1) is 6.61 Å². The van der Waals surface area contributed by atoms with Crippen molar-refractivity contribution in [1.82, 2.24) is 4.98 Å². The van der Waals surface area contributed by atoms with Crippen LogP contribution in [0, 0.1) is 0 Å². The molecule has 1 aromatic rings. The van der Waals surface area contributed by atoms with E-state index in [0.29, 0.717) is 30.8 Å². The van der Waals surface area contributed by atoms with E-state index in [1.807, 2.05) is 6.26 Å². The highest BCUT2D eigenvalue weighted by Gasteiger charge is 2.12. The fourth-order valence-corrected chi connectivity index (χ4v) is 4.20. The predicted octanol–water partition coefficient (Wildman–Crippen LogP) is 5.06. The highest BCUT2D eigenvalue weighted by molar-refractivity contribution is 7.98. The molecule has 0 bridgehead atoms. The van der Waals surface area contributed by atoms with Gasteiger partial charge in [-0.1, -0.05) is 44.9 Å². The first-order valence-corrected chi connectivity index (χ1v) is 14.5. The first-order chi connectivity index (χ1) is 15.7. The highest BCUT2D eigenvalue weighted by Crippen LogP contribution is 2.35. The Bertz CT molecular complexity index is 773. The number of aliphatic carboxylic acids is 1. The number of hydrogen-bond donors (Lipinski definition) is 4. The van der Waals surface area contributed by atoms with Gasteiger partial charge in [0.1, 0.15) is 0 Å². The molecule has 4 N–H and O–H groups in total. The highest BCUT2D eigenvalue weighted by atomic mass is 32.2. The number of carbonyl (C=O) groups excluding carboxylic acids is 1. The van der Waals surface area contributed by atoms with Crippen LogP contribution in [0.1, 0.15) is 77.0 Å². The van der Waals surface area contributed by atoms with Crippen LogP contribution in [0.25, 0.3) is 0 Å². The van der Waals surface area contributed by atoms with Crippen molar-refractivity contribution in [3.05, 3.63) is 12.3 Å². The SMILES string of the molecule is CSc1cnc(NC(=O)CCCCCCCCCCCP(=O)(O)O)c(OCCCC(=O)O)c1. The van der Waals surface area contributed by atoms with E-state index < -0.39 is 13.6 Å². The third-order valence-electron chi connectivity index (χ3n) is 4.97. The number of nitrogens with one attached hydrogen (secondary N) is 1. The monoisotopic (exact) mass is 504 g/mol. The summed E-state index contributed by atoms with van der Waals surface area (Å²) in [7, 11) is -3.85. The van der Waals surface area contributed by atoms with Crippen LogP contribution in [0.5, 0.6) is 5.75 Å². The summed E-state index contributed by atoms with van der Waals surface area (Å²) in [6.45, 7) is 0.234. The Morgan fingerprint density at radius 3 is 2.18 bits per heavy atom. The molecule has 0 aliphatic heterocycles. The summed E-state index contributed by atoms with van der Waals surface area (Å²) in [4.78, 5) is 45.7. The number of thioether (sulfide) groups is 1. The molecule has 33 heavy (non-hydrogen) atoms. The Hall–Kier alpha value is -1.61. The summed E-state index contributed by atoms with van der Waals surface area (Å²) in [5, 5.41) is 11.5. The zero-order chi connectivity index (χ0) is 24.5. The van der Waals surface area contributed by atoms with E-state index in [-0.39, 0.29) is 25.1 Å². The average molecular weight is 505 g/mol. The third kappa shape index (κ3) is 15.8. The summed E-state index contributed by atoms with van der Waals surface area (Å²) in [6.07, 6.45) is 12.8. The maximum atomic E-state index is 12.3. The lowest BCUT2D eigenvalue weighted by atomic mass is 10.1. The van der Waals surface area contributed by atoms with Gasteiger partial charge in [0.25, 0.3) is 0 Å². The second-order valence-corrected chi connectivity index (χ2v) is 10.6. The van der Waals surface area contributed by atoms with E-state index >= 15 is 0 Å². The predicted molar refractivity (Wildman–Crippen MR) is 130 cm³/mol. The fraction of sp³-hybridized carbons (Fsp3) is 0.682. The molecule has 1 heterocycles. The molecule has 0 aliphatic carbocycles. The number of hydrogen-bond acceptors (Lipinski definition) is 6. The smallest absolute Gasteiger partial charge is 0.325 e. The molecular weight excluding hydrogens is 467 g/mol. The topological polar surface area (TPSA) is 146 Å². The maximum Gasteiger partial charge on any atom is 0.325 e. The maximum absolute atomic E-state index is 12.3. The van der Waals surface area contributed by atoms with Crippen LogP contribution in [0.15, 0.2) is 17.2 Å². The third-order valence-corrected chi connectivity index (χ3v) is 6.56. The molecule has 1 amide bonds. The van der Waals surface area contributed by atoms with Crippen LogP contribution in [0.2, 0.25) is 0 Å². The van der Waals surface area contributed by atoms with E-state index in [1.54, 1.807) is 12.3 Å². The molecule has 188 valence electrons. The number of anilines is 1. The van der Waals surface area contributed by atoms with Gasteiger partial charge >= 0.3 is 13.6 Å². The largest absolute Gasteiger partial charge is 0.490 e. The van der Waals surface area contributed by atoms with Crippen molar-refractivity contribution < 1.29 is 33.8 Å². The van der Waals surface area contributed by atoms with Gasteiger partial charge in [-0.05, 0) is 31.6 Å². The van der Waals surface area contributed by atoms with E-state index in [2.05, 4.69) is 10.3 Å². The van der Waals surface area contributed by atoms with Crippen LogP contribution in [0.3, 0.4) is 0 Å². The zero-order valence-electron chi connectivity index (χ0n) is 19.3. The second-order valence-electron chi connectivity index (χ2n) is 7.94. The summed E-state index contributed by atoms with van der Waals surface area (Å²) in [5.74, 6) is -0.200. The number of nitrogens with zero attached hydrogens (tertiary/aromatic N) is 1. The van der Waals surface area contributed by atoms with Crippen molar-refractivity contribution in [2.75, 3.05) is 24.3 Å². The molecule has 11 heteroatoms. The number of unbranched alkanes of at least 4 members (excludes halogenated alkanes) is 8. The number of pyridine rings is 1. The lowest BCUT2D eigenvalue weighted by molar-refractivity contribution is -0.137. The molecule has 1 rings (SSSR count). The van der Waals surface area contributed by atoms with Crippen molar-refractivity contribution >= 4 is 37.1 Å². The van der Waals surface area contributed by atoms with E-state index in [0.717, 1.165) is 56.3 Å². The van der Waals surface area contributed by atoms with Gasteiger partial charge in [0.2, 0.25) is 5.91 Å². The first kappa shape index (κ1) is 29.4. The Labute approximate surface area is 200 Å². The molecule has 0 unspecified atom stereocenters. The number of ether oxygens (including phenoxy) is 1. The minimum atomic E-state index is -3.85. The number of rotatable bonds is 19. The number of carboxylic acids is 1. The Morgan fingerprint density at radius 1 is 1.00 bits per heavy atom. The van der Waals surface area contributed by atoms with Gasteiger partial charge in [-0.3, -0.25) is 14.2 Å².